The van der Waals surface area contributed by atoms with Gasteiger partial charge in [-0.2, -0.15) is 0 Å². The summed E-state index contributed by atoms with van der Waals surface area (Å²) in [5.41, 5.74) is 6.48. The summed E-state index contributed by atoms with van der Waals surface area (Å²) in [6.07, 6.45) is 3.49. The Balaban J connectivity index is 2.15. The van der Waals surface area contributed by atoms with Crippen molar-refractivity contribution in [3.8, 4) is 5.75 Å². The van der Waals surface area contributed by atoms with Crippen molar-refractivity contribution in [1.82, 2.24) is 4.98 Å². The number of unbranched alkanes of at least 4 members (excludes halogenated alkanes) is 1. The minimum absolute atomic E-state index is 0.544. The van der Waals surface area contributed by atoms with Crippen LogP contribution in [0.2, 0.25) is 0 Å². The lowest BCUT2D eigenvalue weighted by atomic mass is 10.2. The van der Waals surface area contributed by atoms with Crippen LogP contribution >= 0.6 is 11.3 Å². The van der Waals surface area contributed by atoms with E-state index in [4.69, 9.17) is 10.5 Å². The lowest BCUT2D eigenvalue weighted by molar-refractivity contribution is 0.329. The third-order valence-corrected chi connectivity index (χ3v) is 3.61. The number of fused-ring (bicyclic) bond motifs is 1. The van der Waals surface area contributed by atoms with Gasteiger partial charge in [0.05, 0.1) is 15.2 Å². The van der Waals surface area contributed by atoms with Crippen molar-refractivity contribution in [2.75, 3.05) is 13.2 Å². The van der Waals surface area contributed by atoms with Crippen molar-refractivity contribution in [2.45, 2.75) is 26.2 Å². The Morgan fingerprint density at radius 1 is 1.41 bits per heavy atom. The number of thiazole rings is 1. The van der Waals surface area contributed by atoms with Gasteiger partial charge in [0.2, 0.25) is 0 Å². The topological polar surface area (TPSA) is 48.1 Å². The van der Waals surface area contributed by atoms with Gasteiger partial charge < -0.3 is 10.5 Å². The summed E-state index contributed by atoms with van der Waals surface area (Å²) < 4.78 is 6.71. The molecule has 0 atom stereocenters. The molecule has 2 aromatic rings. The maximum absolute atomic E-state index is 5.51. The van der Waals surface area contributed by atoms with Crippen LogP contribution in [0.4, 0.5) is 0 Å². The van der Waals surface area contributed by atoms with Gasteiger partial charge in [0.15, 0.2) is 0 Å². The fourth-order valence-corrected chi connectivity index (χ4v) is 2.69. The lowest BCUT2D eigenvalue weighted by Gasteiger charge is -2.02. The van der Waals surface area contributed by atoms with Crippen molar-refractivity contribution < 1.29 is 4.74 Å². The first-order chi connectivity index (χ1) is 8.33. The van der Waals surface area contributed by atoms with E-state index >= 15 is 0 Å². The number of aryl methyl sites for hydroxylation is 1. The Morgan fingerprint density at radius 3 is 3.06 bits per heavy atom. The molecule has 0 radical (unpaired) electrons. The number of ether oxygens (including phenoxy) is 1. The van der Waals surface area contributed by atoms with E-state index in [0.717, 1.165) is 17.7 Å². The van der Waals surface area contributed by atoms with Crippen LogP contribution in [-0.4, -0.2) is 18.1 Å². The molecule has 0 amide bonds. The average Bonchev–Trinajstić information content (AvgIpc) is 2.75. The minimum atomic E-state index is 0.544. The number of rotatable bonds is 6. The van der Waals surface area contributed by atoms with Crippen LogP contribution in [0.1, 0.15) is 24.8 Å². The molecule has 1 aromatic carbocycles. The predicted molar refractivity (Wildman–Crippen MR) is 72.8 cm³/mol. The first-order valence-corrected chi connectivity index (χ1v) is 6.87. The number of aromatic nitrogens is 1. The first kappa shape index (κ1) is 12.3. The summed E-state index contributed by atoms with van der Waals surface area (Å²) in [5, 5.41) is 1.22. The lowest BCUT2D eigenvalue weighted by Crippen LogP contribution is -2.10. The molecule has 4 heteroatoms. The Labute approximate surface area is 106 Å². The van der Waals surface area contributed by atoms with Crippen LogP contribution in [0.25, 0.3) is 10.2 Å². The van der Waals surface area contributed by atoms with Gasteiger partial charge in [0.1, 0.15) is 12.4 Å². The van der Waals surface area contributed by atoms with E-state index in [1.165, 1.54) is 22.5 Å². The first-order valence-electron chi connectivity index (χ1n) is 6.06. The van der Waals surface area contributed by atoms with Crippen LogP contribution in [0.15, 0.2) is 18.2 Å². The van der Waals surface area contributed by atoms with Crippen molar-refractivity contribution in [1.29, 1.82) is 0 Å². The smallest absolute Gasteiger partial charge is 0.120 e. The molecular weight excluding hydrogens is 232 g/mol. The third kappa shape index (κ3) is 3.17. The zero-order valence-electron chi connectivity index (χ0n) is 10.1. The molecule has 1 heterocycles. The number of nitrogens with zero attached hydrogens (tertiary/aromatic N) is 1. The molecule has 17 heavy (non-hydrogen) atoms. The van der Waals surface area contributed by atoms with E-state index in [1.807, 2.05) is 12.1 Å². The maximum atomic E-state index is 5.51. The molecular formula is C13H18N2OS. The van der Waals surface area contributed by atoms with E-state index < -0.39 is 0 Å². The Morgan fingerprint density at radius 2 is 2.29 bits per heavy atom. The van der Waals surface area contributed by atoms with Gasteiger partial charge in [-0.1, -0.05) is 13.3 Å². The second-order valence-corrected chi connectivity index (χ2v) is 5.09. The van der Waals surface area contributed by atoms with Crippen LogP contribution in [-0.2, 0) is 6.42 Å². The van der Waals surface area contributed by atoms with Crippen LogP contribution < -0.4 is 10.5 Å². The number of nitrogens with two attached hydrogens (primary N) is 1. The van der Waals surface area contributed by atoms with Crippen molar-refractivity contribution in [3.05, 3.63) is 23.2 Å². The van der Waals surface area contributed by atoms with Gasteiger partial charge in [-0.3, -0.25) is 0 Å². The standard InChI is InChI=1S/C13H18N2OS/c1-2-3-4-13-15-11-6-5-10(16-8-7-14)9-12(11)17-13/h5-6,9H,2-4,7-8,14H2,1H3. The summed E-state index contributed by atoms with van der Waals surface area (Å²) >= 11 is 1.76. The van der Waals surface area contributed by atoms with Gasteiger partial charge in [-0.05, 0) is 31.0 Å². The highest BCUT2D eigenvalue weighted by atomic mass is 32.1. The monoisotopic (exact) mass is 250 g/mol. The normalized spacial score (nSPS) is 10.9. The SMILES string of the molecule is CCCCc1nc2ccc(OCCN)cc2s1. The van der Waals surface area contributed by atoms with Crippen molar-refractivity contribution in [3.63, 3.8) is 0 Å². The molecule has 0 saturated carbocycles. The van der Waals surface area contributed by atoms with Gasteiger partial charge in [0, 0.05) is 6.54 Å². The van der Waals surface area contributed by atoms with E-state index in [0.29, 0.717) is 13.2 Å². The van der Waals surface area contributed by atoms with Crippen LogP contribution in [0, 0.1) is 0 Å². The highest BCUT2D eigenvalue weighted by molar-refractivity contribution is 7.18. The molecule has 0 unspecified atom stereocenters. The third-order valence-electron chi connectivity index (χ3n) is 2.53. The average molecular weight is 250 g/mol. The summed E-state index contributed by atoms with van der Waals surface area (Å²) in [7, 11) is 0. The Kier molecular flexibility index (Phi) is 4.34. The largest absolute Gasteiger partial charge is 0.492 e. The molecule has 2 N–H and O–H groups in total. The van der Waals surface area contributed by atoms with E-state index in [2.05, 4.69) is 18.0 Å². The zero-order chi connectivity index (χ0) is 12.1. The zero-order valence-corrected chi connectivity index (χ0v) is 10.9. The van der Waals surface area contributed by atoms with Crippen molar-refractivity contribution >= 4 is 21.6 Å². The molecule has 0 saturated heterocycles. The second-order valence-electron chi connectivity index (χ2n) is 3.98. The van der Waals surface area contributed by atoms with Gasteiger partial charge >= 0.3 is 0 Å². The van der Waals surface area contributed by atoms with Gasteiger partial charge in [-0.15, -0.1) is 11.3 Å². The number of hydrogen-bond acceptors (Lipinski definition) is 4. The maximum Gasteiger partial charge on any atom is 0.120 e. The highest BCUT2D eigenvalue weighted by Gasteiger charge is 2.04. The van der Waals surface area contributed by atoms with Crippen LogP contribution in [0.3, 0.4) is 0 Å². The molecule has 1 aromatic heterocycles. The van der Waals surface area contributed by atoms with Gasteiger partial charge in [0.25, 0.3) is 0 Å². The molecule has 0 bridgehead atoms. The molecule has 92 valence electrons. The Hall–Kier alpha value is -1.13. The van der Waals surface area contributed by atoms with Crippen LogP contribution in [0.5, 0.6) is 5.75 Å². The number of hydrogen-bond donors (Lipinski definition) is 1. The predicted octanol–water partition coefficient (Wildman–Crippen LogP) is 2.98. The highest BCUT2D eigenvalue weighted by Crippen LogP contribution is 2.27. The van der Waals surface area contributed by atoms with Gasteiger partial charge in [-0.25, -0.2) is 4.98 Å². The minimum Gasteiger partial charge on any atom is -0.492 e. The molecule has 0 fully saturated rings. The molecule has 0 aliphatic carbocycles. The number of benzene rings is 1. The quantitative estimate of drug-likeness (QED) is 0.857. The summed E-state index contributed by atoms with van der Waals surface area (Å²) in [5.74, 6) is 0.883. The summed E-state index contributed by atoms with van der Waals surface area (Å²) in [6, 6.07) is 6.03. The fraction of sp³-hybridized carbons (Fsp3) is 0.462. The Bertz CT molecular complexity index is 475. The molecule has 0 aliphatic rings. The summed E-state index contributed by atoms with van der Waals surface area (Å²) in [6.45, 7) is 3.31. The molecule has 0 spiro atoms. The second kappa shape index (κ2) is 5.98. The molecule has 0 aliphatic heterocycles. The van der Waals surface area contributed by atoms with Crippen molar-refractivity contribution in [2.24, 2.45) is 5.73 Å². The fourth-order valence-electron chi connectivity index (χ4n) is 1.65. The van der Waals surface area contributed by atoms with E-state index in [-0.39, 0.29) is 0 Å². The van der Waals surface area contributed by atoms with E-state index in [1.54, 1.807) is 11.3 Å². The van der Waals surface area contributed by atoms with E-state index in [9.17, 15) is 0 Å². The molecule has 3 nitrogen and oxygen atoms in total. The molecule has 2 rings (SSSR count). The summed E-state index contributed by atoms with van der Waals surface area (Å²) in [4.78, 5) is 4.61.